The van der Waals surface area contributed by atoms with E-state index in [1.807, 2.05) is 30.3 Å². The number of para-hydroxylation sites is 1. The van der Waals surface area contributed by atoms with E-state index in [-0.39, 0.29) is 4.90 Å². The Kier molecular flexibility index (Phi) is 2.23. The van der Waals surface area contributed by atoms with E-state index in [2.05, 4.69) is 4.98 Å². The van der Waals surface area contributed by atoms with E-state index in [0.717, 1.165) is 21.9 Å². The molecule has 1 heterocycles. The first-order valence-corrected chi connectivity index (χ1v) is 6.89. The lowest BCUT2D eigenvalue weighted by molar-refractivity contribution is 0.484. The molecule has 92 valence electrons. The third-order valence-corrected chi connectivity index (χ3v) is 3.88. The van der Waals surface area contributed by atoms with Gasteiger partial charge in [0, 0.05) is 16.3 Å². The maximum Gasteiger partial charge on any atom is 0.296 e. The van der Waals surface area contributed by atoms with E-state index >= 15 is 0 Å². The zero-order valence-electron chi connectivity index (χ0n) is 9.64. The molecule has 2 N–H and O–H groups in total. The van der Waals surface area contributed by atoms with Gasteiger partial charge in [-0.3, -0.25) is 4.55 Å². The van der Waals surface area contributed by atoms with Crippen LogP contribution < -0.4 is 0 Å². The Morgan fingerprint density at radius 3 is 2.56 bits per heavy atom. The summed E-state index contributed by atoms with van der Waals surface area (Å²) in [5.74, 6) is 0. The van der Waals surface area contributed by atoms with Crippen molar-refractivity contribution in [3.63, 3.8) is 0 Å². The summed E-state index contributed by atoms with van der Waals surface area (Å²) in [6.07, 6.45) is 0. The van der Waals surface area contributed by atoms with Gasteiger partial charge in [-0.1, -0.05) is 18.2 Å². The molecule has 0 aliphatic rings. The smallest absolute Gasteiger partial charge is 0.296 e. The Hall–Kier alpha value is -1.85. The number of aromatic amines is 1. The van der Waals surface area contributed by atoms with Crippen molar-refractivity contribution in [3.8, 4) is 0 Å². The van der Waals surface area contributed by atoms with E-state index in [0.29, 0.717) is 5.52 Å². The number of aryl methyl sites for hydroxylation is 1. The summed E-state index contributed by atoms with van der Waals surface area (Å²) in [6, 6.07) is 10.9. The van der Waals surface area contributed by atoms with Gasteiger partial charge in [0.1, 0.15) is 4.90 Å². The minimum absolute atomic E-state index is 0.0753. The second-order valence-corrected chi connectivity index (χ2v) is 5.72. The molecule has 3 rings (SSSR count). The number of H-pyrrole nitrogens is 1. The SMILES string of the molecule is Cc1cc(S(=O)(=O)O)c2[nH]c3ccccc3c2c1. The van der Waals surface area contributed by atoms with Crippen LogP contribution in [0.15, 0.2) is 41.3 Å². The minimum atomic E-state index is -4.23. The van der Waals surface area contributed by atoms with Crippen molar-refractivity contribution in [3.05, 3.63) is 42.0 Å². The molecular weight excluding hydrogens is 250 g/mol. The summed E-state index contributed by atoms with van der Waals surface area (Å²) in [7, 11) is -4.23. The van der Waals surface area contributed by atoms with Gasteiger partial charge in [-0.05, 0) is 30.7 Å². The predicted molar refractivity (Wildman–Crippen MR) is 70.4 cm³/mol. The van der Waals surface area contributed by atoms with Gasteiger partial charge in [0.05, 0.1) is 5.52 Å². The number of benzene rings is 2. The van der Waals surface area contributed by atoms with Gasteiger partial charge < -0.3 is 4.98 Å². The van der Waals surface area contributed by atoms with Crippen LogP contribution in [0, 0.1) is 6.92 Å². The van der Waals surface area contributed by atoms with Gasteiger partial charge in [-0.2, -0.15) is 8.42 Å². The molecule has 0 atom stereocenters. The van der Waals surface area contributed by atoms with Crippen molar-refractivity contribution in [2.75, 3.05) is 0 Å². The van der Waals surface area contributed by atoms with Gasteiger partial charge in [0.15, 0.2) is 0 Å². The van der Waals surface area contributed by atoms with Crippen LogP contribution in [-0.4, -0.2) is 18.0 Å². The monoisotopic (exact) mass is 261 g/mol. The molecule has 0 aliphatic carbocycles. The van der Waals surface area contributed by atoms with Crippen molar-refractivity contribution in [2.24, 2.45) is 0 Å². The highest BCUT2D eigenvalue weighted by atomic mass is 32.2. The Balaban J connectivity index is 2.60. The van der Waals surface area contributed by atoms with Crippen LogP contribution in [-0.2, 0) is 10.1 Å². The first-order valence-electron chi connectivity index (χ1n) is 5.45. The van der Waals surface area contributed by atoms with Crippen LogP contribution in [0.2, 0.25) is 0 Å². The zero-order chi connectivity index (χ0) is 12.9. The molecule has 0 fully saturated rings. The number of nitrogens with one attached hydrogen (secondary N) is 1. The molecule has 1 aromatic heterocycles. The number of rotatable bonds is 1. The summed E-state index contributed by atoms with van der Waals surface area (Å²) in [5, 5.41) is 1.75. The highest BCUT2D eigenvalue weighted by Crippen LogP contribution is 2.30. The van der Waals surface area contributed by atoms with Crippen LogP contribution in [0.3, 0.4) is 0 Å². The fourth-order valence-electron chi connectivity index (χ4n) is 2.26. The summed E-state index contributed by atoms with van der Waals surface area (Å²) in [4.78, 5) is 2.97. The largest absolute Gasteiger partial charge is 0.353 e. The number of fused-ring (bicyclic) bond motifs is 3. The highest BCUT2D eigenvalue weighted by molar-refractivity contribution is 7.86. The average molecular weight is 261 g/mol. The summed E-state index contributed by atoms with van der Waals surface area (Å²) < 4.78 is 32.1. The lowest BCUT2D eigenvalue weighted by atomic mass is 10.1. The number of aromatic nitrogens is 1. The Labute approximate surface area is 104 Å². The van der Waals surface area contributed by atoms with Crippen LogP contribution in [0.4, 0.5) is 0 Å². The average Bonchev–Trinajstić information content (AvgIpc) is 2.65. The lowest BCUT2D eigenvalue weighted by Gasteiger charge is -2.01. The molecule has 18 heavy (non-hydrogen) atoms. The fourth-order valence-corrected chi connectivity index (χ4v) is 3.01. The first-order chi connectivity index (χ1) is 8.47. The van der Waals surface area contributed by atoms with Crippen LogP contribution >= 0.6 is 0 Å². The van der Waals surface area contributed by atoms with E-state index in [9.17, 15) is 13.0 Å². The third-order valence-electron chi connectivity index (χ3n) is 3.00. The van der Waals surface area contributed by atoms with E-state index in [1.165, 1.54) is 6.07 Å². The van der Waals surface area contributed by atoms with E-state index < -0.39 is 10.1 Å². The van der Waals surface area contributed by atoms with Crippen molar-refractivity contribution in [1.82, 2.24) is 4.98 Å². The van der Waals surface area contributed by atoms with E-state index in [4.69, 9.17) is 0 Å². The molecular formula is C13H11NO3S. The van der Waals surface area contributed by atoms with Crippen LogP contribution in [0.1, 0.15) is 5.56 Å². The van der Waals surface area contributed by atoms with Crippen molar-refractivity contribution >= 4 is 31.9 Å². The molecule has 2 aromatic carbocycles. The summed E-state index contributed by atoms with van der Waals surface area (Å²) in [6.45, 7) is 1.80. The van der Waals surface area contributed by atoms with Gasteiger partial charge in [-0.25, -0.2) is 0 Å². The quantitative estimate of drug-likeness (QED) is 0.662. The topological polar surface area (TPSA) is 70.2 Å². The maximum absolute atomic E-state index is 11.4. The number of hydrogen-bond donors (Lipinski definition) is 2. The molecule has 3 aromatic rings. The fraction of sp³-hybridized carbons (Fsp3) is 0.0769. The summed E-state index contributed by atoms with van der Waals surface area (Å²) in [5.41, 5.74) is 2.09. The van der Waals surface area contributed by atoms with Crippen molar-refractivity contribution < 1.29 is 13.0 Å². The Bertz CT molecular complexity index is 862. The summed E-state index contributed by atoms with van der Waals surface area (Å²) >= 11 is 0. The van der Waals surface area contributed by atoms with Gasteiger partial charge in [0.25, 0.3) is 10.1 Å². The number of hydrogen-bond acceptors (Lipinski definition) is 2. The Morgan fingerprint density at radius 1 is 1.11 bits per heavy atom. The molecule has 0 spiro atoms. The second-order valence-electron chi connectivity index (χ2n) is 4.33. The van der Waals surface area contributed by atoms with Crippen molar-refractivity contribution in [2.45, 2.75) is 11.8 Å². The molecule has 0 radical (unpaired) electrons. The van der Waals surface area contributed by atoms with Gasteiger partial charge in [0.2, 0.25) is 0 Å². The van der Waals surface area contributed by atoms with Gasteiger partial charge in [-0.15, -0.1) is 0 Å². The highest BCUT2D eigenvalue weighted by Gasteiger charge is 2.17. The van der Waals surface area contributed by atoms with Gasteiger partial charge >= 0.3 is 0 Å². The molecule has 0 saturated heterocycles. The second kappa shape index (κ2) is 3.57. The third kappa shape index (κ3) is 1.60. The molecule has 0 unspecified atom stereocenters. The van der Waals surface area contributed by atoms with E-state index in [1.54, 1.807) is 6.92 Å². The predicted octanol–water partition coefficient (Wildman–Crippen LogP) is 2.88. The molecule has 0 saturated carbocycles. The molecule has 0 bridgehead atoms. The lowest BCUT2D eigenvalue weighted by Crippen LogP contribution is -1.99. The molecule has 0 amide bonds. The zero-order valence-corrected chi connectivity index (χ0v) is 10.5. The standard InChI is InChI=1S/C13H11NO3S/c1-8-6-10-9-4-2-3-5-11(9)14-13(10)12(7-8)18(15,16)17/h2-7,14H,1H3,(H,15,16,17). The normalized spacial score (nSPS) is 12.3. The van der Waals surface area contributed by atoms with Crippen LogP contribution in [0.25, 0.3) is 21.8 Å². The molecule has 5 heteroatoms. The molecule has 0 aliphatic heterocycles. The minimum Gasteiger partial charge on any atom is -0.353 e. The van der Waals surface area contributed by atoms with Crippen LogP contribution in [0.5, 0.6) is 0 Å². The molecule has 4 nitrogen and oxygen atoms in total. The maximum atomic E-state index is 11.4. The Morgan fingerprint density at radius 2 is 1.83 bits per heavy atom. The first kappa shape index (κ1) is 11.3. The van der Waals surface area contributed by atoms with Crippen molar-refractivity contribution in [1.29, 1.82) is 0 Å².